The molecule has 0 radical (unpaired) electrons. The summed E-state index contributed by atoms with van der Waals surface area (Å²) in [6.07, 6.45) is 2.86. The highest BCUT2D eigenvalue weighted by molar-refractivity contribution is 5.28. The average molecular weight is 335 g/mol. The van der Waals surface area contributed by atoms with Crippen LogP contribution in [0.1, 0.15) is 28.7 Å². The third-order valence-corrected chi connectivity index (χ3v) is 5.17. The molecule has 1 N–H and O–H groups in total. The van der Waals surface area contributed by atoms with Crippen molar-refractivity contribution in [1.29, 1.82) is 0 Å². The number of likely N-dealkylation sites (tertiary alicyclic amines) is 1. The molecular weight excluding hydrogens is 313 g/mol. The van der Waals surface area contributed by atoms with Crippen molar-refractivity contribution in [3.05, 3.63) is 89.5 Å². The third-order valence-electron chi connectivity index (χ3n) is 5.17. The molecule has 128 valence electrons. The van der Waals surface area contributed by atoms with Crippen LogP contribution in [-0.4, -0.2) is 34.7 Å². The van der Waals surface area contributed by atoms with Gasteiger partial charge >= 0.3 is 0 Å². The molecule has 1 aromatic heterocycles. The molecule has 0 unspecified atom stereocenters. The number of nitrogens with one attached hydrogen (secondary N) is 1. The molecule has 1 saturated heterocycles. The van der Waals surface area contributed by atoms with Crippen molar-refractivity contribution >= 4 is 0 Å². The largest absolute Gasteiger partial charge is 0.302 e. The third kappa shape index (κ3) is 3.64. The fraction of sp³-hybridized carbons (Fsp3) is 0.286. The lowest BCUT2D eigenvalue weighted by atomic mass is 9.87. The molecule has 0 aliphatic carbocycles. The van der Waals surface area contributed by atoms with E-state index in [1.807, 2.05) is 18.3 Å². The summed E-state index contributed by atoms with van der Waals surface area (Å²) in [5.41, 5.74) is 3.73. The minimum Gasteiger partial charge on any atom is -0.302 e. The molecule has 1 aliphatic heterocycles. The summed E-state index contributed by atoms with van der Waals surface area (Å²) < 4.78 is 13.3. The first-order valence-electron chi connectivity index (χ1n) is 8.80. The fourth-order valence-corrected chi connectivity index (χ4v) is 3.84. The van der Waals surface area contributed by atoms with Gasteiger partial charge in [0.25, 0.3) is 0 Å². The van der Waals surface area contributed by atoms with Crippen LogP contribution >= 0.6 is 0 Å². The zero-order valence-corrected chi connectivity index (χ0v) is 14.1. The predicted molar refractivity (Wildman–Crippen MR) is 97.1 cm³/mol. The number of hydrogen-bond acceptors (Lipinski definition) is 2. The van der Waals surface area contributed by atoms with Crippen molar-refractivity contribution in [3.8, 4) is 0 Å². The average Bonchev–Trinajstić information content (AvgIpc) is 3.31. The quantitative estimate of drug-likeness (QED) is 0.765. The molecule has 0 amide bonds. The lowest BCUT2D eigenvalue weighted by Crippen LogP contribution is -2.23. The van der Waals surface area contributed by atoms with Gasteiger partial charge in [-0.3, -0.25) is 5.10 Å². The molecule has 0 spiro atoms. The minimum absolute atomic E-state index is 0.180. The number of aromatic amines is 1. The normalized spacial score (nSPS) is 20.8. The lowest BCUT2D eigenvalue weighted by molar-refractivity contribution is 0.335. The number of H-pyrrole nitrogens is 1. The second kappa shape index (κ2) is 7.19. The van der Waals surface area contributed by atoms with Gasteiger partial charge in [-0.25, -0.2) is 4.39 Å². The highest BCUT2D eigenvalue weighted by Crippen LogP contribution is 2.38. The number of nitrogens with zero attached hydrogens (tertiary/aromatic N) is 2. The summed E-state index contributed by atoms with van der Waals surface area (Å²) in [7, 11) is 0. The molecule has 1 aliphatic rings. The van der Waals surface area contributed by atoms with Crippen molar-refractivity contribution in [2.75, 3.05) is 19.6 Å². The number of benzene rings is 2. The Hall–Kier alpha value is -2.46. The molecule has 1 fully saturated rings. The molecule has 0 saturated carbocycles. The van der Waals surface area contributed by atoms with E-state index in [9.17, 15) is 4.39 Å². The summed E-state index contributed by atoms with van der Waals surface area (Å²) >= 11 is 0. The minimum atomic E-state index is -0.180. The van der Waals surface area contributed by atoms with Crippen LogP contribution in [0.4, 0.5) is 4.39 Å². The summed E-state index contributed by atoms with van der Waals surface area (Å²) in [6, 6.07) is 19.6. The van der Waals surface area contributed by atoms with E-state index in [2.05, 4.69) is 51.5 Å². The summed E-state index contributed by atoms with van der Waals surface area (Å²) in [4.78, 5) is 2.51. The Bertz CT molecular complexity index is 784. The molecule has 0 bridgehead atoms. The molecule has 3 nitrogen and oxygen atoms in total. The molecular formula is C21H22FN3. The van der Waals surface area contributed by atoms with Gasteiger partial charge in [0.1, 0.15) is 5.82 Å². The Morgan fingerprint density at radius 1 is 0.960 bits per heavy atom. The van der Waals surface area contributed by atoms with Gasteiger partial charge in [-0.15, -0.1) is 0 Å². The fourth-order valence-electron chi connectivity index (χ4n) is 3.84. The number of aromatic nitrogens is 2. The predicted octanol–water partition coefficient (Wildman–Crippen LogP) is 3.97. The first-order chi connectivity index (χ1) is 12.3. The Kier molecular flexibility index (Phi) is 4.61. The highest BCUT2D eigenvalue weighted by Gasteiger charge is 2.35. The maximum absolute atomic E-state index is 13.3. The van der Waals surface area contributed by atoms with E-state index in [1.165, 1.54) is 11.1 Å². The zero-order chi connectivity index (χ0) is 17.1. The van der Waals surface area contributed by atoms with Gasteiger partial charge < -0.3 is 4.90 Å². The van der Waals surface area contributed by atoms with Crippen LogP contribution in [0.15, 0.2) is 66.9 Å². The topological polar surface area (TPSA) is 31.9 Å². The number of hydrogen-bond donors (Lipinski definition) is 1. The second-order valence-electron chi connectivity index (χ2n) is 6.77. The molecule has 4 rings (SSSR count). The van der Waals surface area contributed by atoms with Crippen molar-refractivity contribution in [3.63, 3.8) is 0 Å². The Morgan fingerprint density at radius 3 is 2.44 bits per heavy atom. The standard InChI is InChI=1S/C21H22FN3/c22-18-8-6-17(7-9-18)19-14-25(13-11-16-4-2-1-3-5-16)15-20(19)21-10-12-23-24-21/h1-10,12,19-20H,11,13-15H2,(H,23,24)/t19-,20+/m0/s1. The van der Waals surface area contributed by atoms with E-state index in [0.29, 0.717) is 11.8 Å². The Balaban J connectivity index is 1.51. The molecule has 2 heterocycles. The Morgan fingerprint density at radius 2 is 1.72 bits per heavy atom. The Labute approximate surface area is 147 Å². The first kappa shape index (κ1) is 16.0. The molecule has 3 aromatic rings. The van der Waals surface area contributed by atoms with E-state index in [4.69, 9.17) is 0 Å². The van der Waals surface area contributed by atoms with E-state index in [1.54, 1.807) is 12.1 Å². The summed E-state index contributed by atoms with van der Waals surface area (Å²) in [5, 5.41) is 7.26. The van der Waals surface area contributed by atoms with Gasteiger partial charge in [0.2, 0.25) is 0 Å². The summed E-state index contributed by atoms with van der Waals surface area (Å²) in [5.74, 6) is 0.543. The second-order valence-corrected chi connectivity index (χ2v) is 6.77. The first-order valence-corrected chi connectivity index (χ1v) is 8.80. The number of halogens is 1. The van der Waals surface area contributed by atoms with Gasteiger partial charge in [0.15, 0.2) is 0 Å². The molecule has 25 heavy (non-hydrogen) atoms. The van der Waals surface area contributed by atoms with Crippen LogP contribution in [0.5, 0.6) is 0 Å². The van der Waals surface area contributed by atoms with Crippen LogP contribution in [-0.2, 0) is 6.42 Å². The van der Waals surface area contributed by atoms with Gasteiger partial charge in [0, 0.05) is 43.4 Å². The summed E-state index contributed by atoms with van der Waals surface area (Å²) in [6.45, 7) is 3.02. The zero-order valence-electron chi connectivity index (χ0n) is 14.1. The van der Waals surface area contributed by atoms with Crippen molar-refractivity contribution < 1.29 is 4.39 Å². The number of rotatable bonds is 5. The van der Waals surface area contributed by atoms with Gasteiger partial charge in [-0.1, -0.05) is 42.5 Å². The highest BCUT2D eigenvalue weighted by atomic mass is 19.1. The van der Waals surface area contributed by atoms with Crippen LogP contribution in [0.3, 0.4) is 0 Å². The van der Waals surface area contributed by atoms with Gasteiger partial charge in [-0.05, 0) is 35.7 Å². The van der Waals surface area contributed by atoms with E-state index in [-0.39, 0.29) is 5.82 Å². The van der Waals surface area contributed by atoms with Crippen LogP contribution in [0, 0.1) is 5.82 Å². The smallest absolute Gasteiger partial charge is 0.123 e. The van der Waals surface area contributed by atoms with E-state index >= 15 is 0 Å². The maximum atomic E-state index is 13.3. The SMILES string of the molecule is Fc1ccc([C@@H]2CN(CCc3ccccc3)C[C@H]2c2ccn[nH]2)cc1. The van der Waals surface area contributed by atoms with Crippen molar-refractivity contribution in [2.45, 2.75) is 18.3 Å². The van der Waals surface area contributed by atoms with Crippen LogP contribution in [0.2, 0.25) is 0 Å². The monoisotopic (exact) mass is 335 g/mol. The van der Waals surface area contributed by atoms with Crippen molar-refractivity contribution in [2.24, 2.45) is 0 Å². The molecule has 2 aromatic carbocycles. The molecule has 4 heteroatoms. The molecule has 2 atom stereocenters. The maximum Gasteiger partial charge on any atom is 0.123 e. The van der Waals surface area contributed by atoms with Crippen LogP contribution < -0.4 is 0 Å². The van der Waals surface area contributed by atoms with E-state index in [0.717, 1.165) is 31.7 Å². The van der Waals surface area contributed by atoms with Crippen molar-refractivity contribution in [1.82, 2.24) is 15.1 Å². The lowest BCUT2D eigenvalue weighted by Gasteiger charge is -2.17. The van der Waals surface area contributed by atoms with Gasteiger partial charge in [0.05, 0.1) is 0 Å². The van der Waals surface area contributed by atoms with Gasteiger partial charge in [-0.2, -0.15) is 5.10 Å². The van der Waals surface area contributed by atoms with Crippen LogP contribution in [0.25, 0.3) is 0 Å². The van der Waals surface area contributed by atoms with E-state index < -0.39 is 0 Å².